The topological polar surface area (TPSA) is 69.3 Å². The number of rotatable bonds is 3. The van der Waals surface area contributed by atoms with Crippen molar-refractivity contribution in [2.45, 2.75) is 25.9 Å². The lowest BCUT2D eigenvalue weighted by Crippen LogP contribution is -2.12. The van der Waals surface area contributed by atoms with E-state index in [0.29, 0.717) is 5.92 Å². The molecule has 1 unspecified atom stereocenters. The van der Waals surface area contributed by atoms with Crippen LogP contribution in [0.2, 0.25) is 0 Å². The summed E-state index contributed by atoms with van der Waals surface area (Å²) >= 11 is 0. The van der Waals surface area contributed by atoms with Gasteiger partial charge in [0.2, 0.25) is 0 Å². The minimum Gasteiger partial charge on any atom is -0.369 e. The molecule has 98 valence electrons. The number of hydrogen-bond acceptors (Lipinski definition) is 3. The fraction of sp³-hybridized carbons (Fsp3) is 0.400. The van der Waals surface area contributed by atoms with E-state index in [1.54, 1.807) is 0 Å². The van der Waals surface area contributed by atoms with Crippen molar-refractivity contribution in [3.63, 3.8) is 0 Å². The molecular formula is C15H17N3O. The zero-order valence-corrected chi connectivity index (χ0v) is 11.2. The molecule has 1 fully saturated rings. The minimum absolute atomic E-state index is 0.0992. The molecule has 2 N–H and O–H groups in total. The first-order chi connectivity index (χ1) is 9.15. The van der Waals surface area contributed by atoms with E-state index >= 15 is 0 Å². The second kappa shape index (κ2) is 5.77. The van der Waals surface area contributed by atoms with E-state index in [-0.39, 0.29) is 5.84 Å². The number of amidine groups is 1. The molecule has 1 aliphatic rings. The average molecular weight is 255 g/mol. The summed E-state index contributed by atoms with van der Waals surface area (Å²) in [7, 11) is 1.52. The predicted octanol–water partition coefficient (Wildman–Crippen LogP) is 3.45. The maximum Gasteiger partial charge on any atom is 0.176 e. The van der Waals surface area contributed by atoms with Crippen LogP contribution in [0.1, 0.15) is 35.6 Å². The molecule has 1 atom stereocenters. The molecule has 0 spiro atoms. The molecule has 0 aromatic heterocycles. The van der Waals surface area contributed by atoms with Crippen molar-refractivity contribution < 1.29 is 4.74 Å². The van der Waals surface area contributed by atoms with Crippen molar-refractivity contribution in [3.05, 3.63) is 34.9 Å². The lowest BCUT2D eigenvalue weighted by atomic mass is 9.99. The van der Waals surface area contributed by atoms with Gasteiger partial charge in [-0.25, -0.2) is 5.53 Å². The number of nitrogens with zero attached hydrogens (tertiary/aromatic N) is 1. The minimum atomic E-state index is -0.597. The summed E-state index contributed by atoms with van der Waals surface area (Å²) in [6, 6.07) is 5.87. The second-order valence-electron chi connectivity index (χ2n) is 4.73. The van der Waals surface area contributed by atoms with Crippen LogP contribution in [0.5, 0.6) is 0 Å². The highest BCUT2D eigenvalue weighted by molar-refractivity contribution is 5.85. The third-order valence-electron chi connectivity index (χ3n) is 3.16. The largest absolute Gasteiger partial charge is 0.369 e. The number of hydrogen-bond donors (Lipinski definition) is 2. The van der Waals surface area contributed by atoms with Crippen LogP contribution >= 0.6 is 0 Å². The zero-order chi connectivity index (χ0) is 13.8. The fourth-order valence-electron chi connectivity index (χ4n) is 1.86. The highest BCUT2D eigenvalue weighted by Crippen LogP contribution is 2.28. The van der Waals surface area contributed by atoms with Gasteiger partial charge in [-0.3, -0.25) is 5.41 Å². The first-order valence-corrected chi connectivity index (χ1v) is 6.26. The van der Waals surface area contributed by atoms with Crippen molar-refractivity contribution in [1.82, 2.24) is 0 Å². The molecule has 1 aliphatic carbocycles. The van der Waals surface area contributed by atoms with Gasteiger partial charge in [0.05, 0.1) is 0 Å². The summed E-state index contributed by atoms with van der Waals surface area (Å²) in [6.45, 7) is 1.96. The summed E-state index contributed by atoms with van der Waals surface area (Å²) in [5.41, 5.74) is 9.74. The number of methoxy groups -OCH3 is 1. The Labute approximate surface area is 113 Å². The molecule has 1 aromatic rings. The Kier molecular flexibility index (Phi) is 4.08. The molecule has 0 heterocycles. The smallest absolute Gasteiger partial charge is 0.176 e. The van der Waals surface area contributed by atoms with Gasteiger partial charge in [-0.2, -0.15) is 0 Å². The van der Waals surface area contributed by atoms with Gasteiger partial charge in [-0.15, -0.1) is 5.11 Å². The van der Waals surface area contributed by atoms with Gasteiger partial charge in [0.15, 0.2) is 5.84 Å². The summed E-state index contributed by atoms with van der Waals surface area (Å²) in [5.74, 6) is 6.83. The molecule has 0 bridgehead atoms. The monoisotopic (exact) mass is 255 g/mol. The van der Waals surface area contributed by atoms with Crippen molar-refractivity contribution >= 4 is 5.84 Å². The van der Waals surface area contributed by atoms with Crippen LogP contribution in [-0.2, 0) is 4.74 Å². The van der Waals surface area contributed by atoms with Crippen LogP contribution < -0.4 is 0 Å². The molecule has 4 heteroatoms. The quantitative estimate of drug-likeness (QED) is 0.369. The van der Waals surface area contributed by atoms with Crippen LogP contribution in [0.15, 0.2) is 23.3 Å². The van der Waals surface area contributed by atoms with Gasteiger partial charge in [0.25, 0.3) is 0 Å². The van der Waals surface area contributed by atoms with Crippen molar-refractivity contribution in [2.24, 2.45) is 11.0 Å². The third kappa shape index (κ3) is 3.27. The molecule has 19 heavy (non-hydrogen) atoms. The average Bonchev–Trinajstić information content (AvgIpc) is 3.24. The summed E-state index contributed by atoms with van der Waals surface area (Å²) in [4.78, 5) is 0. The Morgan fingerprint density at radius 1 is 1.47 bits per heavy atom. The van der Waals surface area contributed by atoms with E-state index in [1.807, 2.05) is 25.1 Å². The van der Waals surface area contributed by atoms with E-state index in [2.05, 4.69) is 17.0 Å². The fourth-order valence-corrected chi connectivity index (χ4v) is 1.86. The first kappa shape index (κ1) is 13.4. The molecule has 0 saturated heterocycles. The molecule has 0 aliphatic heterocycles. The maximum atomic E-state index is 7.66. The molecule has 1 aromatic carbocycles. The van der Waals surface area contributed by atoms with Crippen LogP contribution in [-0.4, -0.2) is 12.9 Å². The number of nitrogens with one attached hydrogen (secondary N) is 2. The Hall–Kier alpha value is -1.99. The van der Waals surface area contributed by atoms with Gasteiger partial charge >= 0.3 is 0 Å². The van der Waals surface area contributed by atoms with Gasteiger partial charge < -0.3 is 4.74 Å². The lowest BCUT2D eigenvalue weighted by Gasteiger charge is -2.16. The Bertz CT molecular complexity index is 564. The van der Waals surface area contributed by atoms with Crippen LogP contribution in [0.25, 0.3) is 0 Å². The summed E-state index contributed by atoms with van der Waals surface area (Å²) in [6.07, 6.45) is 1.81. The molecule has 2 rings (SSSR count). The van der Waals surface area contributed by atoms with Gasteiger partial charge in [-0.1, -0.05) is 17.9 Å². The zero-order valence-electron chi connectivity index (χ0n) is 11.2. The Morgan fingerprint density at radius 2 is 2.21 bits per heavy atom. The molecule has 1 saturated carbocycles. The van der Waals surface area contributed by atoms with E-state index in [1.165, 1.54) is 20.0 Å². The van der Waals surface area contributed by atoms with Crippen LogP contribution in [0.4, 0.5) is 0 Å². The summed E-state index contributed by atoms with van der Waals surface area (Å²) in [5, 5.41) is 10.8. The normalized spacial score (nSPS) is 15.3. The standard InChI is InChI=1S/C15H17N3O/c1-10-3-4-12(8-7-11-5-6-11)9-13(10)14(19-2)15(16)18-17/h3-4,9,11,14,16-17H,5-6H2,1-2H3. The third-order valence-corrected chi connectivity index (χ3v) is 3.16. The van der Waals surface area contributed by atoms with Crippen molar-refractivity contribution in [3.8, 4) is 11.8 Å². The molecule has 4 nitrogen and oxygen atoms in total. The second-order valence-corrected chi connectivity index (χ2v) is 4.73. The van der Waals surface area contributed by atoms with Gasteiger partial charge in [0, 0.05) is 18.6 Å². The highest BCUT2D eigenvalue weighted by atomic mass is 16.5. The van der Waals surface area contributed by atoms with Crippen LogP contribution in [0, 0.1) is 35.6 Å². The van der Waals surface area contributed by atoms with Crippen molar-refractivity contribution in [2.75, 3.05) is 7.11 Å². The van der Waals surface area contributed by atoms with Gasteiger partial charge in [0.1, 0.15) is 6.10 Å². The van der Waals surface area contributed by atoms with E-state index < -0.39 is 6.10 Å². The molecular weight excluding hydrogens is 238 g/mol. The number of aryl methyl sites for hydroxylation is 1. The first-order valence-electron chi connectivity index (χ1n) is 6.26. The van der Waals surface area contributed by atoms with Crippen LogP contribution in [0.3, 0.4) is 0 Å². The summed E-state index contributed by atoms with van der Waals surface area (Å²) < 4.78 is 5.28. The predicted molar refractivity (Wildman–Crippen MR) is 73.4 cm³/mol. The van der Waals surface area contributed by atoms with Crippen molar-refractivity contribution in [1.29, 1.82) is 10.9 Å². The lowest BCUT2D eigenvalue weighted by molar-refractivity contribution is 0.155. The van der Waals surface area contributed by atoms with Gasteiger partial charge in [-0.05, 0) is 43.0 Å². The SMILES string of the molecule is COC(C(=N)N=N)c1cc(C#CC2CC2)ccc1C. The van der Waals surface area contributed by atoms with E-state index in [0.717, 1.165) is 16.7 Å². The number of ether oxygens (including phenoxy) is 1. The Morgan fingerprint density at radius 3 is 2.79 bits per heavy atom. The van der Waals surface area contributed by atoms with E-state index in [9.17, 15) is 0 Å². The molecule has 0 radical (unpaired) electrons. The maximum absolute atomic E-state index is 7.66. The van der Waals surface area contributed by atoms with E-state index in [4.69, 9.17) is 15.7 Å². The molecule has 0 amide bonds. The highest BCUT2D eigenvalue weighted by Gasteiger charge is 2.19. The Balaban J connectivity index is 2.32. The number of benzene rings is 1.